The highest BCUT2D eigenvalue weighted by Crippen LogP contribution is 2.39. The summed E-state index contributed by atoms with van der Waals surface area (Å²) in [6, 6.07) is 9.36. The molecule has 182 valence electrons. The minimum atomic E-state index is -5.01. The number of esters is 1. The summed E-state index contributed by atoms with van der Waals surface area (Å²) in [5.74, 6) is -2.61. The van der Waals surface area contributed by atoms with Crippen molar-refractivity contribution >= 4 is 16.9 Å². The minimum absolute atomic E-state index is 0.00774. The number of benzene rings is 2. The van der Waals surface area contributed by atoms with Crippen LogP contribution in [-0.2, 0) is 15.7 Å². The molecule has 1 heterocycles. The molecule has 0 radical (unpaired) electrons. The van der Waals surface area contributed by atoms with E-state index in [4.69, 9.17) is 23.4 Å². The summed E-state index contributed by atoms with van der Waals surface area (Å²) in [4.78, 5) is 24.9. The molecule has 10 heteroatoms. The van der Waals surface area contributed by atoms with E-state index in [1.165, 1.54) is 50.4 Å². The second-order valence-electron chi connectivity index (χ2n) is 7.81. The van der Waals surface area contributed by atoms with Gasteiger partial charge in [-0.3, -0.25) is 4.79 Å². The van der Waals surface area contributed by atoms with Crippen molar-refractivity contribution in [3.8, 4) is 23.0 Å². The number of hydrogen-bond donors (Lipinski definition) is 0. The number of fused-ring (bicyclic) bond motifs is 1. The Hall–Kier alpha value is -3.69. The van der Waals surface area contributed by atoms with Crippen molar-refractivity contribution in [2.75, 3.05) is 13.7 Å². The SMILES string of the molecule is COc1ccc(Oc2c(C(F)(F)F)oc3cc(OC(C)C(=O)OCC(C)C)ccc3c2=O)cc1. The first kappa shape index (κ1) is 24.9. The summed E-state index contributed by atoms with van der Waals surface area (Å²) >= 11 is 0. The van der Waals surface area contributed by atoms with E-state index in [0.29, 0.717) is 5.75 Å². The molecule has 1 aromatic heterocycles. The smallest absolute Gasteiger partial charge is 0.453 e. The zero-order valence-corrected chi connectivity index (χ0v) is 18.9. The molecule has 34 heavy (non-hydrogen) atoms. The van der Waals surface area contributed by atoms with Crippen LogP contribution in [0.15, 0.2) is 51.7 Å². The van der Waals surface area contributed by atoms with Gasteiger partial charge in [-0.2, -0.15) is 13.2 Å². The average Bonchev–Trinajstić information content (AvgIpc) is 2.78. The third kappa shape index (κ3) is 5.81. The van der Waals surface area contributed by atoms with Gasteiger partial charge in [-0.1, -0.05) is 13.8 Å². The van der Waals surface area contributed by atoms with Gasteiger partial charge in [0, 0.05) is 6.07 Å². The molecule has 0 spiro atoms. The third-order valence-electron chi connectivity index (χ3n) is 4.56. The maximum atomic E-state index is 13.7. The third-order valence-corrected chi connectivity index (χ3v) is 4.56. The van der Waals surface area contributed by atoms with Crippen LogP contribution >= 0.6 is 0 Å². The fraction of sp³-hybridized carbons (Fsp3) is 0.333. The van der Waals surface area contributed by atoms with Gasteiger partial charge in [0.15, 0.2) is 6.10 Å². The van der Waals surface area contributed by atoms with Crippen molar-refractivity contribution in [1.29, 1.82) is 0 Å². The van der Waals surface area contributed by atoms with Crippen molar-refractivity contribution in [2.24, 2.45) is 5.92 Å². The second kappa shape index (κ2) is 10.1. The lowest BCUT2D eigenvalue weighted by atomic mass is 10.2. The molecule has 0 saturated carbocycles. The molecule has 3 rings (SSSR count). The molecular weight excluding hydrogens is 457 g/mol. The normalized spacial score (nSPS) is 12.5. The number of rotatable bonds is 8. The number of methoxy groups -OCH3 is 1. The fourth-order valence-electron chi connectivity index (χ4n) is 2.89. The summed E-state index contributed by atoms with van der Waals surface area (Å²) in [7, 11) is 1.43. The molecule has 2 aromatic carbocycles. The number of alkyl halides is 3. The Morgan fingerprint density at radius 2 is 1.62 bits per heavy atom. The largest absolute Gasteiger partial charge is 0.497 e. The van der Waals surface area contributed by atoms with Crippen LogP contribution in [0.4, 0.5) is 13.2 Å². The van der Waals surface area contributed by atoms with E-state index >= 15 is 0 Å². The van der Waals surface area contributed by atoms with Crippen LogP contribution in [0, 0.1) is 5.92 Å². The molecule has 0 aliphatic heterocycles. The van der Waals surface area contributed by atoms with E-state index < -0.39 is 35.2 Å². The van der Waals surface area contributed by atoms with Crippen molar-refractivity contribution in [2.45, 2.75) is 33.1 Å². The van der Waals surface area contributed by atoms with E-state index in [1.807, 2.05) is 13.8 Å². The quantitative estimate of drug-likeness (QED) is 0.389. The minimum Gasteiger partial charge on any atom is -0.497 e. The lowest BCUT2D eigenvalue weighted by Crippen LogP contribution is -2.27. The Balaban J connectivity index is 1.96. The van der Waals surface area contributed by atoms with E-state index in [-0.39, 0.29) is 35.0 Å². The predicted molar refractivity (Wildman–Crippen MR) is 116 cm³/mol. The van der Waals surface area contributed by atoms with E-state index in [2.05, 4.69) is 0 Å². The van der Waals surface area contributed by atoms with Crippen LogP contribution in [-0.4, -0.2) is 25.8 Å². The second-order valence-corrected chi connectivity index (χ2v) is 7.81. The maximum Gasteiger partial charge on any atom is 0.453 e. The van der Waals surface area contributed by atoms with Crippen LogP contribution < -0.4 is 19.6 Å². The lowest BCUT2D eigenvalue weighted by molar-refractivity contribution is -0.154. The van der Waals surface area contributed by atoms with Gasteiger partial charge in [0.1, 0.15) is 22.8 Å². The maximum absolute atomic E-state index is 13.7. The number of halogens is 3. The van der Waals surface area contributed by atoms with Gasteiger partial charge >= 0.3 is 12.1 Å². The molecule has 0 aliphatic carbocycles. The summed E-state index contributed by atoms with van der Waals surface area (Å²) in [6.07, 6.45) is -6.04. The Bertz CT molecular complexity index is 1210. The number of ether oxygens (including phenoxy) is 4. The highest BCUT2D eigenvalue weighted by atomic mass is 19.4. The van der Waals surface area contributed by atoms with Gasteiger partial charge in [-0.15, -0.1) is 0 Å². The number of carbonyl (C=O) groups is 1. The first-order valence-corrected chi connectivity index (χ1v) is 10.3. The summed E-state index contributed by atoms with van der Waals surface area (Å²) in [6.45, 7) is 5.38. The van der Waals surface area contributed by atoms with Crippen LogP contribution in [0.5, 0.6) is 23.0 Å². The lowest BCUT2D eigenvalue weighted by Gasteiger charge is -2.16. The van der Waals surface area contributed by atoms with Crippen molar-refractivity contribution in [3.05, 3.63) is 58.4 Å². The Kier molecular flexibility index (Phi) is 7.38. The molecular formula is C24H23F3O7. The molecule has 0 amide bonds. The summed E-state index contributed by atoms with van der Waals surface area (Å²) < 4.78 is 67.0. The Morgan fingerprint density at radius 1 is 1.00 bits per heavy atom. The molecule has 1 atom stereocenters. The highest BCUT2D eigenvalue weighted by molar-refractivity contribution is 5.80. The molecule has 0 fully saturated rings. The first-order chi connectivity index (χ1) is 16.0. The van der Waals surface area contributed by atoms with Gasteiger partial charge < -0.3 is 23.4 Å². The van der Waals surface area contributed by atoms with Crippen LogP contribution in [0.3, 0.4) is 0 Å². The average molecular weight is 480 g/mol. The molecule has 0 saturated heterocycles. The molecule has 0 aliphatic rings. The standard InChI is InChI=1S/C24H23F3O7/c1-13(2)12-31-23(29)14(3)32-17-9-10-18-19(11-17)34-22(24(25,26)27)21(20(18)28)33-16-7-5-15(30-4)6-8-16/h5-11,13-14H,12H2,1-4H3. The van der Waals surface area contributed by atoms with Gasteiger partial charge in [-0.05, 0) is 49.2 Å². The van der Waals surface area contributed by atoms with E-state index in [9.17, 15) is 22.8 Å². The molecule has 7 nitrogen and oxygen atoms in total. The molecule has 1 unspecified atom stereocenters. The van der Waals surface area contributed by atoms with Crippen molar-refractivity contribution in [1.82, 2.24) is 0 Å². The number of carbonyl (C=O) groups excluding carboxylic acids is 1. The van der Waals surface area contributed by atoms with Gasteiger partial charge in [-0.25, -0.2) is 4.79 Å². The van der Waals surface area contributed by atoms with Crippen molar-refractivity contribution < 1.29 is 41.3 Å². The Morgan fingerprint density at radius 3 is 2.21 bits per heavy atom. The van der Waals surface area contributed by atoms with E-state index in [0.717, 1.165) is 6.07 Å². The molecule has 0 N–H and O–H groups in total. The zero-order valence-electron chi connectivity index (χ0n) is 18.9. The van der Waals surface area contributed by atoms with Crippen molar-refractivity contribution in [3.63, 3.8) is 0 Å². The number of hydrogen-bond acceptors (Lipinski definition) is 7. The molecule has 3 aromatic rings. The first-order valence-electron chi connectivity index (χ1n) is 10.3. The summed E-state index contributed by atoms with van der Waals surface area (Å²) in [5.41, 5.74) is -1.39. The zero-order chi connectivity index (χ0) is 25.0. The van der Waals surface area contributed by atoms with E-state index in [1.54, 1.807) is 0 Å². The Labute approximate surface area is 193 Å². The fourth-order valence-corrected chi connectivity index (χ4v) is 2.89. The topological polar surface area (TPSA) is 84.2 Å². The van der Waals surface area contributed by atoms with Gasteiger partial charge in [0.05, 0.1) is 19.1 Å². The summed E-state index contributed by atoms with van der Waals surface area (Å²) in [5, 5.41) is -0.154. The van der Waals surface area contributed by atoms with Crippen LogP contribution in [0.25, 0.3) is 11.0 Å². The van der Waals surface area contributed by atoms with Gasteiger partial charge in [0.25, 0.3) is 5.76 Å². The van der Waals surface area contributed by atoms with Crippen LogP contribution in [0.2, 0.25) is 0 Å². The monoisotopic (exact) mass is 480 g/mol. The van der Waals surface area contributed by atoms with Crippen LogP contribution in [0.1, 0.15) is 26.5 Å². The van der Waals surface area contributed by atoms with Gasteiger partial charge in [0.2, 0.25) is 11.2 Å². The molecule has 0 bridgehead atoms. The predicted octanol–water partition coefficient (Wildman–Crippen LogP) is 5.58. The highest BCUT2D eigenvalue weighted by Gasteiger charge is 2.40.